The van der Waals surface area contributed by atoms with Crippen molar-refractivity contribution in [3.8, 4) is 6.07 Å². The van der Waals surface area contributed by atoms with Crippen molar-refractivity contribution >= 4 is 0 Å². The predicted octanol–water partition coefficient (Wildman–Crippen LogP) is 1.85. The van der Waals surface area contributed by atoms with Crippen LogP contribution in [0.25, 0.3) is 0 Å². The summed E-state index contributed by atoms with van der Waals surface area (Å²) in [5, 5.41) is 12.6. The Morgan fingerprint density at radius 3 is 2.76 bits per heavy atom. The number of hydrogen-bond acceptors (Lipinski definition) is 4. The van der Waals surface area contributed by atoms with Crippen LogP contribution in [0, 0.1) is 11.3 Å². The first-order chi connectivity index (χ1) is 8.09. The van der Waals surface area contributed by atoms with Crippen LogP contribution in [0.5, 0.6) is 0 Å². The summed E-state index contributed by atoms with van der Waals surface area (Å²) >= 11 is 0. The maximum absolute atomic E-state index is 9.18. The van der Waals surface area contributed by atoms with Gasteiger partial charge in [-0.3, -0.25) is 5.32 Å². The molecule has 0 heterocycles. The summed E-state index contributed by atoms with van der Waals surface area (Å²) in [7, 11) is 1.67. The van der Waals surface area contributed by atoms with Crippen molar-refractivity contribution in [2.75, 3.05) is 20.3 Å². The number of nitriles is 1. The molecule has 0 aromatic carbocycles. The van der Waals surface area contributed by atoms with Gasteiger partial charge in [0.25, 0.3) is 0 Å². The highest BCUT2D eigenvalue weighted by molar-refractivity contribution is 5.06. The van der Waals surface area contributed by atoms with Gasteiger partial charge in [-0.15, -0.1) is 0 Å². The Morgan fingerprint density at radius 2 is 2.24 bits per heavy atom. The van der Waals surface area contributed by atoms with E-state index in [4.69, 9.17) is 9.47 Å². The zero-order valence-corrected chi connectivity index (χ0v) is 11.2. The SMILES string of the molecule is COCC(C)OCCCC(C)(C#N)NC1CC1. The summed E-state index contributed by atoms with van der Waals surface area (Å²) in [6, 6.07) is 2.93. The Balaban J connectivity index is 2.12. The molecule has 4 nitrogen and oxygen atoms in total. The molecule has 0 aliphatic heterocycles. The highest BCUT2D eigenvalue weighted by Crippen LogP contribution is 2.24. The van der Waals surface area contributed by atoms with E-state index in [0.717, 1.165) is 12.8 Å². The number of ether oxygens (including phenoxy) is 2. The van der Waals surface area contributed by atoms with Crippen LogP contribution in [-0.4, -0.2) is 38.0 Å². The highest BCUT2D eigenvalue weighted by atomic mass is 16.5. The molecule has 2 atom stereocenters. The van der Waals surface area contributed by atoms with Crippen LogP contribution in [0.4, 0.5) is 0 Å². The molecule has 1 rings (SSSR count). The first-order valence-corrected chi connectivity index (χ1v) is 6.39. The number of methoxy groups -OCH3 is 1. The molecular formula is C13H24N2O2. The van der Waals surface area contributed by atoms with E-state index in [1.165, 1.54) is 12.8 Å². The lowest BCUT2D eigenvalue weighted by molar-refractivity contribution is 0.00657. The second kappa shape index (κ2) is 6.95. The van der Waals surface area contributed by atoms with Crippen molar-refractivity contribution in [3.05, 3.63) is 0 Å². The lowest BCUT2D eigenvalue weighted by Gasteiger charge is -2.23. The van der Waals surface area contributed by atoms with E-state index in [2.05, 4.69) is 11.4 Å². The Kier molecular flexibility index (Phi) is 5.90. The van der Waals surface area contributed by atoms with Gasteiger partial charge in [-0.05, 0) is 39.5 Å². The summed E-state index contributed by atoms with van der Waals surface area (Å²) in [4.78, 5) is 0. The summed E-state index contributed by atoms with van der Waals surface area (Å²) in [5.41, 5.74) is -0.394. The third kappa shape index (κ3) is 6.02. The smallest absolute Gasteiger partial charge is 0.104 e. The quantitative estimate of drug-likeness (QED) is 0.625. The molecule has 0 aromatic rings. The Morgan fingerprint density at radius 1 is 1.53 bits per heavy atom. The zero-order chi connectivity index (χ0) is 12.7. The van der Waals surface area contributed by atoms with Gasteiger partial charge in [0.05, 0.1) is 18.8 Å². The van der Waals surface area contributed by atoms with Crippen molar-refractivity contribution in [2.45, 2.75) is 57.2 Å². The number of nitrogens with one attached hydrogen (secondary N) is 1. The molecule has 1 fully saturated rings. The van der Waals surface area contributed by atoms with Crippen LogP contribution >= 0.6 is 0 Å². The van der Waals surface area contributed by atoms with Crippen LogP contribution in [0.15, 0.2) is 0 Å². The normalized spacial score (nSPS) is 20.6. The average molecular weight is 240 g/mol. The molecule has 98 valence electrons. The van der Waals surface area contributed by atoms with E-state index in [9.17, 15) is 5.26 Å². The molecule has 0 saturated heterocycles. The van der Waals surface area contributed by atoms with Gasteiger partial charge in [0, 0.05) is 19.8 Å². The third-order valence-electron chi connectivity index (χ3n) is 2.97. The van der Waals surface area contributed by atoms with Crippen molar-refractivity contribution in [1.82, 2.24) is 5.32 Å². The van der Waals surface area contributed by atoms with E-state index in [-0.39, 0.29) is 6.10 Å². The predicted molar refractivity (Wildman–Crippen MR) is 66.7 cm³/mol. The van der Waals surface area contributed by atoms with Gasteiger partial charge in [-0.2, -0.15) is 5.26 Å². The van der Waals surface area contributed by atoms with E-state index >= 15 is 0 Å². The minimum absolute atomic E-state index is 0.129. The molecule has 17 heavy (non-hydrogen) atoms. The first-order valence-electron chi connectivity index (χ1n) is 6.39. The van der Waals surface area contributed by atoms with Gasteiger partial charge < -0.3 is 9.47 Å². The number of hydrogen-bond donors (Lipinski definition) is 1. The summed E-state index contributed by atoms with van der Waals surface area (Å²) < 4.78 is 10.6. The zero-order valence-electron chi connectivity index (χ0n) is 11.2. The minimum Gasteiger partial charge on any atom is -0.382 e. The molecule has 0 radical (unpaired) electrons. The maximum Gasteiger partial charge on any atom is 0.104 e. The fourth-order valence-electron chi connectivity index (χ4n) is 1.83. The summed E-state index contributed by atoms with van der Waals surface area (Å²) in [5.74, 6) is 0. The second-order valence-electron chi connectivity index (χ2n) is 5.10. The van der Waals surface area contributed by atoms with Crippen LogP contribution in [-0.2, 0) is 9.47 Å². The van der Waals surface area contributed by atoms with Crippen LogP contribution < -0.4 is 5.32 Å². The van der Waals surface area contributed by atoms with Gasteiger partial charge in [0.15, 0.2) is 0 Å². The van der Waals surface area contributed by atoms with Gasteiger partial charge in [-0.1, -0.05) is 0 Å². The van der Waals surface area contributed by atoms with Crippen LogP contribution in [0.3, 0.4) is 0 Å². The minimum atomic E-state index is -0.394. The highest BCUT2D eigenvalue weighted by Gasteiger charge is 2.31. The van der Waals surface area contributed by atoms with Crippen molar-refractivity contribution in [1.29, 1.82) is 5.26 Å². The molecule has 1 N–H and O–H groups in total. The van der Waals surface area contributed by atoms with Crippen molar-refractivity contribution in [2.24, 2.45) is 0 Å². The molecule has 0 bridgehead atoms. The fraction of sp³-hybridized carbons (Fsp3) is 0.923. The molecule has 0 aromatic heterocycles. The van der Waals surface area contributed by atoms with Gasteiger partial charge >= 0.3 is 0 Å². The second-order valence-corrected chi connectivity index (χ2v) is 5.10. The molecule has 1 aliphatic carbocycles. The van der Waals surface area contributed by atoms with E-state index in [1.54, 1.807) is 7.11 Å². The molecule has 1 saturated carbocycles. The average Bonchev–Trinajstić information content (AvgIpc) is 3.09. The molecule has 2 unspecified atom stereocenters. The van der Waals surface area contributed by atoms with Gasteiger partial charge in [0.2, 0.25) is 0 Å². The van der Waals surface area contributed by atoms with E-state index in [0.29, 0.717) is 19.3 Å². The maximum atomic E-state index is 9.18. The lowest BCUT2D eigenvalue weighted by atomic mass is 9.98. The van der Waals surface area contributed by atoms with Crippen LogP contribution in [0.2, 0.25) is 0 Å². The lowest BCUT2D eigenvalue weighted by Crippen LogP contribution is -2.42. The third-order valence-corrected chi connectivity index (χ3v) is 2.97. The molecular weight excluding hydrogens is 216 g/mol. The standard InChI is InChI=1S/C13H24N2O2/c1-11(9-16-3)17-8-4-7-13(2,10-14)15-12-5-6-12/h11-12,15H,4-9H2,1-3H3. The monoisotopic (exact) mass is 240 g/mol. The topological polar surface area (TPSA) is 54.3 Å². The van der Waals surface area contributed by atoms with Gasteiger partial charge in [-0.25, -0.2) is 0 Å². The molecule has 4 heteroatoms. The largest absolute Gasteiger partial charge is 0.382 e. The van der Waals surface area contributed by atoms with E-state index in [1.807, 2.05) is 13.8 Å². The van der Waals surface area contributed by atoms with Gasteiger partial charge in [0.1, 0.15) is 5.54 Å². The Bertz CT molecular complexity index is 261. The molecule has 0 amide bonds. The molecule has 1 aliphatic rings. The summed E-state index contributed by atoms with van der Waals surface area (Å²) in [6.45, 7) is 5.28. The Hall–Kier alpha value is -0.630. The van der Waals surface area contributed by atoms with Crippen molar-refractivity contribution in [3.63, 3.8) is 0 Å². The Labute approximate surface area is 104 Å². The van der Waals surface area contributed by atoms with Crippen LogP contribution in [0.1, 0.15) is 39.5 Å². The van der Waals surface area contributed by atoms with E-state index < -0.39 is 5.54 Å². The summed E-state index contributed by atoms with van der Waals surface area (Å²) in [6.07, 6.45) is 4.28. The van der Waals surface area contributed by atoms with Crippen molar-refractivity contribution < 1.29 is 9.47 Å². The first kappa shape index (κ1) is 14.4. The molecule has 0 spiro atoms. The fourth-order valence-corrected chi connectivity index (χ4v) is 1.83. The number of rotatable bonds is 9. The number of nitrogens with zero attached hydrogens (tertiary/aromatic N) is 1.